The van der Waals surface area contributed by atoms with Gasteiger partial charge in [-0.25, -0.2) is 28.7 Å². The van der Waals surface area contributed by atoms with Crippen LogP contribution in [0.3, 0.4) is 0 Å². The van der Waals surface area contributed by atoms with E-state index in [4.69, 9.17) is 42.6 Å². The number of rotatable bonds is 13. The second-order valence-corrected chi connectivity index (χ2v) is 11.4. The minimum Gasteiger partial charge on any atom is -0.459 e. The molecule has 0 bridgehead atoms. The first-order valence-electron chi connectivity index (χ1n) is 16.4. The third-order valence-corrected chi connectivity index (χ3v) is 7.30. The Bertz CT molecular complexity index is 1260. The molecule has 0 aromatic carbocycles. The molecule has 2 fully saturated rings. The number of carbonyl (C=O) groups is 4. The van der Waals surface area contributed by atoms with Crippen molar-refractivity contribution in [1.29, 1.82) is 0 Å². The molecule has 0 radical (unpaired) electrons. The van der Waals surface area contributed by atoms with Gasteiger partial charge in [0.15, 0.2) is 18.7 Å². The molecule has 0 aliphatic carbocycles. The highest BCUT2D eigenvalue weighted by Gasteiger charge is 2.47. The van der Waals surface area contributed by atoms with E-state index in [0.717, 1.165) is 0 Å². The van der Waals surface area contributed by atoms with Gasteiger partial charge in [-0.2, -0.15) is 0 Å². The summed E-state index contributed by atoms with van der Waals surface area (Å²) in [6.07, 6.45) is -6.80. The largest absolute Gasteiger partial charge is 0.508 e. The number of ether oxygens (including phenoxy) is 9. The van der Waals surface area contributed by atoms with Crippen molar-refractivity contribution in [3.63, 3.8) is 0 Å². The van der Waals surface area contributed by atoms with E-state index < -0.39 is 85.6 Å². The number of aromatic nitrogens is 2. The molecule has 1 aromatic rings. The number of aliphatic hydroxyl groups is 5. The molecular weight excluding hydrogens is 712 g/mol. The van der Waals surface area contributed by atoms with Gasteiger partial charge >= 0.3 is 24.2 Å². The van der Waals surface area contributed by atoms with Gasteiger partial charge < -0.3 is 68.2 Å². The highest BCUT2D eigenvalue weighted by molar-refractivity contribution is 5.87. The van der Waals surface area contributed by atoms with Gasteiger partial charge in [-0.15, -0.1) is 0 Å². The normalized spacial score (nSPS) is 27.7. The number of imidazole rings is 1. The quantitative estimate of drug-likeness (QED) is 0.0763. The van der Waals surface area contributed by atoms with E-state index in [1.165, 1.54) is 44.4 Å². The Morgan fingerprint density at radius 3 is 1.62 bits per heavy atom. The van der Waals surface area contributed by atoms with Gasteiger partial charge in [0.05, 0.1) is 12.2 Å². The topological polar surface area (TPSA) is 270 Å². The van der Waals surface area contributed by atoms with Crippen molar-refractivity contribution in [2.45, 2.75) is 102 Å². The molecule has 1 aromatic heterocycles. The molecule has 2 aliphatic rings. The molecule has 3 heterocycles. The molecular formula is C33H52N2O18. The number of esters is 2. The molecule has 10 atom stereocenters. The SMILES string of the molecule is C=C(C)C(=O)OCCOC(=O)O[C@@H]1C(O)[C@@H](OC)OC(CC)[C@H]1O.C=C(C)C(=O)OCCOC(=O)n1ccnc1.CCC1O[C@H](OC)C(O)[C@@H](O)[C@@H]1O. The molecule has 20 heteroatoms. The molecule has 53 heavy (non-hydrogen) atoms. The van der Waals surface area contributed by atoms with Crippen LogP contribution in [-0.2, 0) is 52.2 Å². The maximum absolute atomic E-state index is 11.7. The van der Waals surface area contributed by atoms with Crippen LogP contribution in [0.5, 0.6) is 0 Å². The van der Waals surface area contributed by atoms with E-state index in [1.54, 1.807) is 13.8 Å². The minimum absolute atomic E-state index is 0.00394. The van der Waals surface area contributed by atoms with Crippen LogP contribution in [0.4, 0.5) is 9.59 Å². The standard InChI is InChI=1S/C15H24O9.C10H12N2O4.C8H16O5/c1-5-9-10(16)12(11(17)14(20-4)23-9)24-15(19)22-7-6-21-13(18)8(2)3;1-8(2)9(13)15-5-6-16-10(14)12-4-3-11-7-12;1-3-4-5(9)6(10)7(11)8(12-2)13-4/h9-12,14,16-17H,2,5-7H2,1,3-4H3;3-4,7H,1,5-6H2,2H3;4-11H,3H2,1-2H3/t9?,10-,11?,12+,14+;;4?,5-,6+,7?,8+/m1.1/s1. The van der Waals surface area contributed by atoms with Gasteiger partial charge in [0.25, 0.3) is 0 Å². The van der Waals surface area contributed by atoms with Crippen molar-refractivity contribution >= 4 is 24.2 Å². The van der Waals surface area contributed by atoms with Gasteiger partial charge in [-0.3, -0.25) is 0 Å². The molecule has 302 valence electrons. The average molecular weight is 765 g/mol. The molecule has 0 spiro atoms. The minimum atomic E-state index is -1.37. The summed E-state index contributed by atoms with van der Waals surface area (Å²) in [4.78, 5) is 48.7. The van der Waals surface area contributed by atoms with Crippen LogP contribution in [0.2, 0.25) is 0 Å². The Morgan fingerprint density at radius 2 is 1.17 bits per heavy atom. The van der Waals surface area contributed by atoms with E-state index in [1.807, 2.05) is 6.92 Å². The number of aliphatic hydroxyl groups excluding tert-OH is 5. The zero-order chi connectivity index (χ0) is 40.2. The average Bonchev–Trinajstić information content (AvgIpc) is 3.69. The summed E-state index contributed by atoms with van der Waals surface area (Å²) in [5.74, 6) is -1.10. The van der Waals surface area contributed by atoms with Crippen LogP contribution in [0.15, 0.2) is 43.0 Å². The van der Waals surface area contributed by atoms with E-state index in [-0.39, 0.29) is 32.0 Å². The lowest BCUT2D eigenvalue weighted by atomic mass is 9.97. The summed E-state index contributed by atoms with van der Waals surface area (Å²) in [5, 5.41) is 48.3. The Kier molecular flexibility index (Phi) is 21.6. The fourth-order valence-corrected chi connectivity index (χ4v) is 4.38. The Balaban J connectivity index is 0.000000420. The molecule has 0 saturated carbocycles. The molecule has 4 unspecified atom stereocenters. The molecule has 20 nitrogen and oxygen atoms in total. The van der Waals surface area contributed by atoms with Crippen LogP contribution < -0.4 is 0 Å². The van der Waals surface area contributed by atoms with Crippen LogP contribution in [-0.4, -0.2) is 161 Å². The lowest BCUT2D eigenvalue weighted by molar-refractivity contribution is -0.291. The fraction of sp³-hybridized carbons (Fsp3) is 0.667. The van der Waals surface area contributed by atoms with E-state index in [2.05, 4.69) is 18.1 Å². The van der Waals surface area contributed by atoms with Crippen LogP contribution in [0.25, 0.3) is 0 Å². The monoisotopic (exact) mass is 764 g/mol. The second kappa shape index (κ2) is 24.3. The lowest BCUT2D eigenvalue weighted by Crippen LogP contribution is -2.59. The number of methoxy groups -OCH3 is 2. The lowest BCUT2D eigenvalue weighted by Gasteiger charge is -2.40. The van der Waals surface area contributed by atoms with Crippen LogP contribution in [0.1, 0.15) is 40.5 Å². The van der Waals surface area contributed by atoms with E-state index in [0.29, 0.717) is 18.4 Å². The highest BCUT2D eigenvalue weighted by atomic mass is 16.8. The Labute approximate surface area is 306 Å². The third kappa shape index (κ3) is 15.5. The number of hydrogen-bond donors (Lipinski definition) is 5. The van der Waals surface area contributed by atoms with Crippen molar-refractivity contribution in [2.24, 2.45) is 0 Å². The van der Waals surface area contributed by atoms with E-state index in [9.17, 15) is 44.7 Å². The predicted octanol–water partition coefficient (Wildman–Crippen LogP) is -0.0319. The first-order chi connectivity index (χ1) is 25.0. The smallest absolute Gasteiger partial charge is 0.459 e. The maximum atomic E-state index is 11.7. The van der Waals surface area contributed by atoms with Crippen LogP contribution >= 0.6 is 0 Å². The molecule has 3 rings (SSSR count). The summed E-state index contributed by atoms with van der Waals surface area (Å²) in [7, 11) is 2.70. The zero-order valence-corrected chi connectivity index (χ0v) is 30.6. The number of nitrogens with zero attached hydrogens (tertiary/aromatic N) is 2. The summed E-state index contributed by atoms with van der Waals surface area (Å²) in [6, 6.07) is 0. The Morgan fingerprint density at radius 1 is 0.698 bits per heavy atom. The molecule has 5 N–H and O–H groups in total. The fourth-order valence-electron chi connectivity index (χ4n) is 4.38. The van der Waals surface area contributed by atoms with Gasteiger partial charge in [0.1, 0.15) is 63.3 Å². The van der Waals surface area contributed by atoms with Crippen molar-refractivity contribution in [2.75, 3.05) is 40.6 Å². The first kappa shape index (κ1) is 47.0. The maximum Gasteiger partial charge on any atom is 0.508 e. The van der Waals surface area contributed by atoms with Crippen molar-refractivity contribution in [1.82, 2.24) is 9.55 Å². The van der Waals surface area contributed by atoms with Gasteiger partial charge in [-0.05, 0) is 26.7 Å². The van der Waals surface area contributed by atoms with Crippen molar-refractivity contribution in [3.05, 3.63) is 43.0 Å². The van der Waals surface area contributed by atoms with Gasteiger partial charge in [-0.1, -0.05) is 27.0 Å². The molecule has 2 saturated heterocycles. The van der Waals surface area contributed by atoms with Crippen LogP contribution in [0, 0.1) is 0 Å². The molecule has 2 aliphatic heterocycles. The van der Waals surface area contributed by atoms with Crippen molar-refractivity contribution < 1.29 is 87.3 Å². The highest BCUT2D eigenvalue weighted by Crippen LogP contribution is 2.26. The third-order valence-electron chi connectivity index (χ3n) is 7.30. The van der Waals surface area contributed by atoms with Gasteiger partial charge in [0, 0.05) is 37.8 Å². The second-order valence-electron chi connectivity index (χ2n) is 11.4. The summed E-state index contributed by atoms with van der Waals surface area (Å²) in [5.41, 5.74) is 0.531. The van der Waals surface area contributed by atoms with E-state index >= 15 is 0 Å². The number of hydrogen-bond acceptors (Lipinski definition) is 19. The van der Waals surface area contributed by atoms with Gasteiger partial charge in [0.2, 0.25) is 0 Å². The van der Waals surface area contributed by atoms with Crippen molar-refractivity contribution in [3.8, 4) is 0 Å². The summed E-state index contributed by atoms with van der Waals surface area (Å²) < 4.78 is 45.5. The Hall–Kier alpha value is -3.99. The first-order valence-corrected chi connectivity index (χ1v) is 16.4. The predicted molar refractivity (Wildman–Crippen MR) is 179 cm³/mol. The molecule has 0 amide bonds. The summed E-state index contributed by atoms with van der Waals surface area (Å²) in [6.45, 7) is 13.0. The zero-order valence-electron chi connectivity index (χ0n) is 30.6. The number of carbonyl (C=O) groups excluding carboxylic acids is 4. The summed E-state index contributed by atoms with van der Waals surface area (Å²) >= 11 is 0.